The molecule has 0 aromatic heterocycles. The highest BCUT2D eigenvalue weighted by Gasteiger charge is 2.40. The van der Waals surface area contributed by atoms with Gasteiger partial charge in [-0.1, -0.05) is 42.5 Å². The Morgan fingerprint density at radius 1 is 1.15 bits per heavy atom. The number of hydrogen-bond acceptors (Lipinski definition) is 7. The lowest BCUT2D eigenvalue weighted by atomic mass is 10.0. The van der Waals surface area contributed by atoms with E-state index in [1.54, 1.807) is 36.4 Å². The fourth-order valence-electron chi connectivity index (χ4n) is 2.64. The molecule has 132 valence electrons. The Labute approximate surface area is 148 Å². The summed E-state index contributed by atoms with van der Waals surface area (Å²) in [7, 11) is 1.18. The van der Waals surface area contributed by atoms with E-state index in [1.807, 2.05) is 0 Å². The van der Waals surface area contributed by atoms with E-state index in [0.29, 0.717) is 5.56 Å². The van der Waals surface area contributed by atoms with Crippen LogP contribution < -0.4 is 5.32 Å². The number of hydrogen-bond donors (Lipinski definition) is 1. The molecule has 1 aliphatic rings. The van der Waals surface area contributed by atoms with Crippen LogP contribution in [-0.2, 0) is 19.1 Å². The van der Waals surface area contributed by atoms with Gasteiger partial charge in [0, 0.05) is 6.07 Å². The van der Waals surface area contributed by atoms with E-state index >= 15 is 0 Å². The first kappa shape index (κ1) is 17.2. The lowest BCUT2D eigenvalue weighted by molar-refractivity contribution is -0.383. The third kappa shape index (κ3) is 3.12. The number of ether oxygens (including phenoxy) is 2. The van der Waals surface area contributed by atoms with Crippen molar-refractivity contribution in [2.45, 2.75) is 6.10 Å². The summed E-state index contributed by atoms with van der Waals surface area (Å²) in [4.78, 5) is 35.2. The van der Waals surface area contributed by atoms with Gasteiger partial charge < -0.3 is 14.8 Å². The fraction of sp³-hybridized carbons (Fsp3) is 0.111. The normalized spacial score (nSPS) is 16.2. The predicted octanol–water partition coefficient (Wildman–Crippen LogP) is 2.73. The summed E-state index contributed by atoms with van der Waals surface area (Å²) in [6.45, 7) is 0. The molecule has 0 spiro atoms. The minimum atomic E-state index is -0.957. The van der Waals surface area contributed by atoms with Crippen molar-refractivity contribution in [2.24, 2.45) is 0 Å². The van der Waals surface area contributed by atoms with Gasteiger partial charge in [0.25, 0.3) is 5.69 Å². The molecule has 3 rings (SSSR count). The second-order valence-electron chi connectivity index (χ2n) is 5.38. The Balaban J connectivity index is 2.08. The van der Waals surface area contributed by atoms with Crippen LogP contribution in [0, 0.1) is 10.1 Å². The summed E-state index contributed by atoms with van der Waals surface area (Å²) in [6.07, 6.45) is -0.957. The molecular formula is C18H14N2O6. The zero-order valence-electron chi connectivity index (χ0n) is 13.7. The van der Waals surface area contributed by atoms with Crippen molar-refractivity contribution < 1.29 is 24.0 Å². The monoisotopic (exact) mass is 354 g/mol. The largest absolute Gasteiger partial charge is 0.465 e. The SMILES string of the molecule is COC(=O)C1=C(Nc2ccccc2[N+](=O)[O-])C(=O)OC1c1ccccc1. The van der Waals surface area contributed by atoms with E-state index in [4.69, 9.17) is 9.47 Å². The Morgan fingerprint density at radius 3 is 2.46 bits per heavy atom. The van der Waals surface area contributed by atoms with Gasteiger partial charge in [0.15, 0.2) is 6.10 Å². The molecular weight excluding hydrogens is 340 g/mol. The van der Waals surface area contributed by atoms with Crippen molar-refractivity contribution in [1.82, 2.24) is 0 Å². The molecule has 0 bridgehead atoms. The molecule has 1 heterocycles. The lowest BCUT2D eigenvalue weighted by Gasteiger charge is -2.12. The van der Waals surface area contributed by atoms with E-state index < -0.39 is 23.0 Å². The molecule has 0 fully saturated rings. The molecule has 0 saturated heterocycles. The average molecular weight is 354 g/mol. The van der Waals surface area contributed by atoms with Crippen molar-refractivity contribution in [3.05, 3.63) is 81.5 Å². The number of esters is 2. The van der Waals surface area contributed by atoms with Crippen LogP contribution in [0.25, 0.3) is 0 Å². The van der Waals surface area contributed by atoms with Gasteiger partial charge in [-0.3, -0.25) is 10.1 Å². The fourth-order valence-corrected chi connectivity index (χ4v) is 2.64. The molecule has 8 heteroatoms. The van der Waals surface area contributed by atoms with Gasteiger partial charge in [0.1, 0.15) is 17.0 Å². The van der Waals surface area contributed by atoms with Crippen molar-refractivity contribution in [1.29, 1.82) is 0 Å². The maximum absolute atomic E-state index is 12.4. The molecule has 0 aliphatic carbocycles. The van der Waals surface area contributed by atoms with Gasteiger partial charge in [-0.2, -0.15) is 0 Å². The second-order valence-corrected chi connectivity index (χ2v) is 5.38. The number of benzene rings is 2. The molecule has 1 atom stereocenters. The number of cyclic esters (lactones) is 1. The summed E-state index contributed by atoms with van der Waals surface area (Å²) in [5.74, 6) is -1.55. The first-order valence-electron chi connectivity index (χ1n) is 7.61. The molecule has 1 N–H and O–H groups in total. The van der Waals surface area contributed by atoms with E-state index in [1.165, 1.54) is 25.3 Å². The smallest absolute Gasteiger partial charge is 0.356 e. The molecule has 1 unspecified atom stereocenters. The van der Waals surface area contributed by atoms with E-state index in [0.717, 1.165) is 0 Å². The maximum Gasteiger partial charge on any atom is 0.356 e. The van der Waals surface area contributed by atoms with Gasteiger partial charge in [-0.15, -0.1) is 0 Å². The predicted molar refractivity (Wildman–Crippen MR) is 91.0 cm³/mol. The number of nitrogens with zero attached hydrogens (tertiary/aromatic N) is 1. The van der Waals surface area contributed by atoms with Crippen LogP contribution in [0.5, 0.6) is 0 Å². The van der Waals surface area contributed by atoms with Crippen molar-refractivity contribution >= 4 is 23.3 Å². The minimum Gasteiger partial charge on any atom is -0.465 e. The average Bonchev–Trinajstić information content (AvgIpc) is 2.98. The Kier molecular flexibility index (Phi) is 4.66. The molecule has 2 aromatic rings. The molecule has 2 aromatic carbocycles. The third-order valence-electron chi connectivity index (χ3n) is 3.83. The first-order chi connectivity index (χ1) is 12.5. The summed E-state index contributed by atoms with van der Waals surface area (Å²) in [5, 5.41) is 13.8. The zero-order chi connectivity index (χ0) is 18.7. The van der Waals surface area contributed by atoms with Gasteiger partial charge >= 0.3 is 11.9 Å². The molecule has 1 aliphatic heterocycles. The highest BCUT2D eigenvalue weighted by Crippen LogP contribution is 2.37. The van der Waals surface area contributed by atoms with Gasteiger partial charge in [-0.25, -0.2) is 9.59 Å². The number of carbonyl (C=O) groups excluding carboxylic acids is 2. The number of nitrogens with one attached hydrogen (secondary N) is 1. The number of carbonyl (C=O) groups is 2. The van der Waals surface area contributed by atoms with Crippen LogP contribution in [0.2, 0.25) is 0 Å². The van der Waals surface area contributed by atoms with Crippen molar-refractivity contribution in [2.75, 3.05) is 12.4 Å². The number of methoxy groups -OCH3 is 1. The van der Waals surface area contributed by atoms with Crippen LogP contribution in [0.15, 0.2) is 65.9 Å². The number of nitro benzene ring substituents is 1. The van der Waals surface area contributed by atoms with E-state index in [9.17, 15) is 19.7 Å². The maximum atomic E-state index is 12.4. The van der Waals surface area contributed by atoms with Crippen molar-refractivity contribution in [3.8, 4) is 0 Å². The highest BCUT2D eigenvalue weighted by molar-refractivity contribution is 6.06. The summed E-state index contributed by atoms with van der Waals surface area (Å²) < 4.78 is 10.1. The van der Waals surface area contributed by atoms with E-state index in [-0.39, 0.29) is 22.6 Å². The summed E-state index contributed by atoms with van der Waals surface area (Å²) in [5.41, 5.74) is 0.196. The zero-order valence-corrected chi connectivity index (χ0v) is 13.7. The minimum absolute atomic E-state index is 0.0400. The Bertz CT molecular complexity index is 907. The van der Waals surface area contributed by atoms with Gasteiger partial charge in [0.05, 0.1) is 12.0 Å². The van der Waals surface area contributed by atoms with E-state index in [2.05, 4.69) is 5.32 Å². The molecule has 0 saturated carbocycles. The number of nitro groups is 1. The number of anilines is 1. The first-order valence-corrected chi connectivity index (χ1v) is 7.61. The summed E-state index contributed by atoms with van der Waals surface area (Å²) >= 11 is 0. The second kappa shape index (κ2) is 7.06. The number of rotatable bonds is 5. The topological polar surface area (TPSA) is 108 Å². The third-order valence-corrected chi connectivity index (χ3v) is 3.83. The van der Waals surface area contributed by atoms with Crippen LogP contribution in [0.4, 0.5) is 11.4 Å². The highest BCUT2D eigenvalue weighted by atomic mass is 16.6. The Morgan fingerprint density at radius 2 is 1.81 bits per heavy atom. The molecule has 26 heavy (non-hydrogen) atoms. The summed E-state index contributed by atoms with van der Waals surface area (Å²) in [6, 6.07) is 14.5. The Hall–Kier alpha value is -3.68. The molecule has 8 nitrogen and oxygen atoms in total. The lowest BCUT2D eigenvalue weighted by Crippen LogP contribution is -2.15. The van der Waals surface area contributed by atoms with Crippen LogP contribution in [0.1, 0.15) is 11.7 Å². The van der Waals surface area contributed by atoms with Crippen molar-refractivity contribution in [3.63, 3.8) is 0 Å². The van der Waals surface area contributed by atoms with Crippen LogP contribution in [0.3, 0.4) is 0 Å². The van der Waals surface area contributed by atoms with Gasteiger partial charge in [0.2, 0.25) is 0 Å². The molecule has 0 amide bonds. The number of para-hydroxylation sites is 2. The van der Waals surface area contributed by atoms with Crippen LogP contribution in [-0.4, -0.2) is 24.0 Å². The standard InChI is InChI=1S/C18H14N2O6/c1-25-17(21)14-15(19-12-9-5-6-10-13(12)20(23)24)18(22)26-16(14)11-7-3-2-4-8-11/h2-10,16,19H,1H3. The van der Waals surface area contributed by atoms with Gasteiger partial charge in [-0.05, 0) is 11.6 Å². The van der Waals surface area contributed by atoms with Crippen LogP contribution >= 0.6 is 0 Å². The quantitative estimate of drug-likeness (QED) is 0.499. The molecule has 0 radical (unpaired) electrons.